The number of benzene rings is 2. The van der Waals surface area contributed by atoms with Gasteiger partial charge in [-0.3, -0.25) is 9.88 Å². The number of pyridine rings is 1. The van der Waals surface area contributed by atoms with Crippen LogP contribution in [0.4, 0.5) is 11.6 Å². The van der Waals surface area contributed by atoms with Crippen molar-refractivity contribution >= 4 is 11.6 Å². The number of fused-ring (bicyclic) bond motifs is 1. The monoisotopic (exact) mass is 501 g/mol. The molecule has 1 aliphatic heterocycles. The molecule has 2 aromatic heterocycles. The number of aromatic nitrogens is 3. The molecule has 1 N–H and O–H groups in total. The predicted molar refractivity (Wildman–Crippen MR) is 144 cm³/mol. The maximum Gasteiger partial charge on any atom is 0.230 e. The predicted octanol–water partition coefficient (Wildman–Crippen LogP) is 5.37. The molecule has 0 unspecified atom stereocenters. The molecule has 0 amide bonds. The molecule has 8 nitrogen and oxygen atoms in total. The molecule has 0 saturated heterocycles. The van der Waals surface area contributed by atoms with Gasteiger partial charge in [-0.1, -0.05) is 6.07 Å². The average molecular weight is 502 g/mol. The maximum absolute atomic E-state index is 9.35. The highest BCUT2D eigenvalue weighted by Crippen LogP contribution is 2.34. The molecule has 2 aromatic carbocycles. The van der Waals surface area contributed by atoms with Gasteiger partial charge >= 0.3 is 0 Å². The summed E-state index contributed by atoms with van der Waals surface area (Å²) in [6, 6.07) is 21.1. The summed E-state index contributed by atoms with van der Waals surface area (Å²) in [5, 5.41) is 21.7. The number of hydrogen-bond acceptors (Lipinski definition) is 8. The van der Waals surface area contributed by atoms with E-state index in [0.29, 0.717) is 28.7 Å². The van der Waals surface area contributed by atoms with E-state index in [9.17, 15) is 5.26 Å². The molecule has 188 valence electrons. The Bertz CT molecular complexity index is 1510. The van der Waals surface area contributed by atoms with E-state index >= 15 is 0 Å². The summed E-state index contributed by atoms with van der Waals surface area (Å²) in [4.78, 5) is 16.5. The van der Waals surface area contributed by atoms with Crippen LogP contribution in [-0.2, 0) is 19.4 Å². The summed E-state index contributed by atoms with van der Waals surface area (Å²) in [7, 11) is 0. The number of nitrogens with one attached hydrogen (secondary N) is 1. The first-order valence-corrected chi connectivity index (χ1v) is 12.5. The van der Waals surface area contributed by atoms with Gasteiger partial charge in [0, 0.05) is 43.5 Å². The Hall–Kier alpha value is -4.79. The molecular weight excluding hydrogens is 474 g/mol. The number of anilines is 2. The van der Waals surface area contributed by atoms with E-state index in [-0.39, 0.29) is 0 Å². The Labute approximate surface area is 222 Å². The first-order chi connectivity index (χ1) is 18.5. The molecule has 0 fully saturated rings. The van der Waals surface area contributed by atoms with E-state index in [0.717, 1.165) is 66.2 Å². The van der Waals surface area contributed by atoms with E-state index in [1.807, 2.05) is 62.5 Å². The van der Waals surface area contributed by atoms with Gasteiger partial charge in [0.25, 0.3) is 0 Å². The Morgan fingerprint density at radius 3 is 2.34 bits per heavy atom. The van der Waals surface area contributed by atoms with E-state index in [1.165, 1.54) is 0 Å². The van der Waals surface area contributed by atoms with Gasteiger partial charge in [0.2, 0.25) is 11.8 Å². The van der Waals surface area contributed by atoms with Crippen molar-refractivity contribution in [3.63, 3.8) is 0 Å². The molecule has 8 heteroatoms. The fourth-order valence-corrected chi connectivity index (χ4v) is 4.66. The zero-order valence-electron chi connectivity index (χ0n) is 21.4. The molecule has 5 rings (SSSR count). The molecule has 1 aliphatic rings. The van der Waals surface area contributed by atoms with Gasteiger partial charge in [-0.15, -0.1) is 0 Å². The van der Waals surface area contributed by atoms with Crippen LogP contribution in [0.15, 0.2) is 60.8 Å². The van der Waals surface area contributed by atoms with E-state index in [1.54, 1.807) is 12.1 Å². The summed E-state index contributed by atoms with van der Waals surface area (Å²) in [5.74, 6) is 1.65. The molecule has 38 heavy (non-hydrogen) atoms. The van der Waals surface area contributed by atoms with Gasteiger partial charge in [-0.2, -0.15) is 15.5 Å². The lowest BCUT2D eigenvalue weighted by Crippen LogP contribution is -2.26. The van der Waals surface area contributed by atoms with Crippen LogP contribution in [0.5, 0.6) is 11.6 Å². The van der Waals surface area contributed by atoms with Crippen LogP contribution in [0, 0.1) is 36.5 Å². The lowest BCUT2D eigenvalue weighted by atomic mass is 10.1. The van der Waals surface area contributed by atoms with Crippen molar-refractivity contribution in [3.05, 3.63) is 100.0 Å². The largest absolute Gasteiger partial charge is 0.438 e. The third-order valence-electron chi connectivity index (χ3n) is 6.57. The highest BCUT2D eigenvalue weighted by atomic mass is 16.5. The van der Waals surface area contributed by atoms with E-state index in [4.69, 9.17) is 20.0 Å². The second-order valence-electron chi connectivity index (χ2n) is 9.34. The fraction of sp³-hybridized carbons (Fsp3) is 0.233. The highest BCUT2D eigenvalue weighted by Gasteiger charge is 2.23. The minimum absolute atomic E-state index is 0.436. The Kier molecular flexibility index (Phi) is 7.26. The molecular formula is C30H27N7O. The van der Waals surface area contributed by atoms with Gasteiger partial charge < -0.3 is 10.1 Å². The van der Waals surface area contributed by atoms with Crippen molar-refractivity contribution in [1.82, 2.24) is 19.9 Å². The van der Waals surface area contributed by atoms with Gasteiger partial charge in [0.05, 0.1) is 34.7 Å². The number of aryl methyl sites for hydroxylation is 2. The fourth-order valence-electron chi connectivity index (χ4n) is 4.66. The third kappa shape index (κ3) is 5.62. The van der Waals surface area contributed by atoms with Crippen LogP contribution in [0.3, 0.4) is 0 Å². The quantitative estimate of drug-likeness (QED) is 0.375. The lowest BCUT2D eigenvalue weighted by molar-refractivity contribution is 0.275. The minimum Gasteiger partial charge on any atom is -0.438 e. The Morgan fingerprint density at radius 1 is 0.921 bits per heavy atom. The number of nitrogens with zero attached hydrogens (tertiary/aromatic N) is 6. The third-order valence-corrected chi connectivity index (χ3v) is 6.57. The average Bonchev–Trinajstić information content (AvgIpc) is 3.14. The van der Waals surface area contributed by atoms with E-state index < -0.39 is 0 Å². The molecule has 4 aromatic rings. The standard InChI is InChI=1S/C30H27N7O/c1-20-15-23(18-32)16-21(2)28(20)38-29-26-10-13-37(19-25-5-3-4-12-33-25)14-11-27(26)35-30(36-29)34-24-8-6-22(17-31)7-9-24/h3-9,12,15-16H,10-11,13-14,19H2,1-2H3,(H,34,35,36). The van der Waals surface area contributed by atoms with Crippen molar-refractivity contribution in [2.75, 3.05) is 18.4 Å². The summed E-state index contributed by atoms with van der Waals surface area (Å²) in [6.07, 6.45) is 3.31. The number of ether oxygens (including phenoxy) is 1. The second kappa shape index (κ2) is 11.1. The molecule has 0 radical (unpaired) electrons. The minimum atomic E-state index is 0.436. The molecule has 0 atom stereocenters. The van der Waals surface area contributed by atoms with Crippen molar-refractivity contribution in [2.45, 2.75) is 33.2 Å². The van der Waals surface area contributed by atoms with Crippen molar-refractivity contribution in [2.24, 2.45) is 0 Å². The molecule has 0 bridgehead atoms. The zero-order chi connectivity index (χ0) is 26.5. The smallest absolute Gasteiger partial charge is 0.230 e. The van der Waals surface area contributed by atoms with Crippen molar-refractivity contribution in [3.8, 4) is 23.8 Å². The van der Waals surface area contributed by atoms with Crippen LogP contribution < -0.4 is 10.1 Å². The van der Waals surface area contributed by atoms with Gasteiger partial charge in [-0.05, 0) is 79.9 Å². The number of nitriles is 2. The van der Waals surface area contributed by atoms with Crippen LogP contribution in [-0.4, -0.2) is 32.9 Å². The van der Waals surface area contributed by atoms with Crippen LogP contribution in [0.1, 0.15) is 39.2 Å². The normalized spacial score (nSPS) is 13.1. The zero-order valence-corrected chi connectivity index (χ0v) is 21.4. The van der Waals surface area contributed by atoms with Gasteiger partial charge in [-0.25, -0.2) is 4.98 Å². The van der Waals surface area contributed by atoms with Crippen molar-refractivity contribution < 1.29 is 4.74 Å². The summed E-state index contributed by atoms with van der Waals surface area (Å²) < 4.78 is 6.49. The topological polar surface area (TPSA) is 111 Å². The summed E-state index contributed by atoms with van der Waals surface area (Å²) in [5.41, 5.74) is 6.69. The van der Waals surface area contributed by atoms with Crippen molar-refractivity contribution in [1.29, 1.82) is 10.5 Å². The first-order valence-electron chi connectivity index (χ1n) is 12.5. The Morgan fingerprint density at radius 2 is 1.66 bits per heavy atom. The second-order valence-corrected chi connectivity index (χ2v) is 9.34. The van der Waals surface area contributed by atoms with Crippen LogP contribution >= 0.6 is 0 Å². The number of hydrogen-bond donors (Lipinski definition) is 1. The van der Waals surface area contributed by atoms with Crippen LogP contribution in [0.25, 0.3) is 0 Å². The summed E-state index contributed by atoms with van der Waals surface area (Å²) >= 11 is 0. The SMILES string of the molecule is Cc1cc(C#N)cc(C)c1Oc1nc(Nc2ccc(C#N)cc2)nc2c1CCN(Cc1ccccn1)CC2. The van der Waals surface area contributed by atoms with Crippen LogP contribution in [0.2, 0.25) is 0 Å². The molecule has 0 saturated carbocycles. The maximum atomic E-state index is 9.35. The molecule has 0 aliphatic carbocycles. The number of rotatable bonds is 6. The van der Waals surface area contributed by atoms with Gasteiger partial charge in [0.15, 0.2) is 0 Å². The van der Waals surface area contributed by atoms with E-state index in [2.05, 4.69) is 27.3 Å². The first kappa shape index (κ1) is 24.9. The molecule has 3 heterocycles. The highest BCUT2D eigenvalue weighted by molar-refractivity contribution is 5.57. The Balaban J connectivity index is 1.48. The summed E-state index contributed by atoms with van der Waals surface area (Å²) in [6.45, 7) is 6.31. The van der Waals surface area contributed by atoms with Gasteiger partial charge in [0.1, 0.15) is 5.75 Å². The molecule has 0 spiro atoms. The lowest BCUT2D eigenvalue weighted by Gasteiger charge is -2.19.